The first-order valence-corrected chi connectivity index (χ1v) is 5.32. The molecule has 0 unspecified atom stereocenters. The lowest BCUT2D eigenvalue weighted by molar-refractivity contribution is -0.134. The number of nitrogens with one attached hydrogen (secondary N) is 1. The molecule has 0 atom stereocenters. The number of rotatable bonds is 8. The minimum Gasteiger partial charge on any atom is -0.383 e. The van der Waals surface area contributed by atoms with E-state index in [1.165, 1.54) is 12.0 Å². The molecule has 0 rings (SSSR count). The van der Waals surface area contributed by atoms with Gasteiger partial charge in [0.25, 0.3) is 0 Å². The van der Waals surface area contributed by atoms with Crippen LogP contribution in [-0.2, 0) is 9.53 Å². The van der Waals surface area contributed by atoms with Crippen LogP contribution in [0.2, 0.25) is 0 Å². The Balaban J connectivity index is 4.08. The fourth-order valence-corrected chi connectivity index (χ4v) is 1.17. The molecule has 0 saturated carbocycles. The van der Waals surface area contributed by atoms with Crippen molar-refractivity contribution >= 4 is 5.91 Å². The van der Waals surface area contributed by atoms with Crippen LogP contribution < -0.4 is 5.32 Å². The monoisotopic (exact) mass is 267 g/mol. The van der Waals surface area contributed by atoms with Gasteiger partial charge in [0.2, 0.25) is 5.91 Å². The molecular weight excluding hydrogens is 251 g/mol. The summed E-state index contributed by atoms with van der Waals surface area (Å²) in [5, 5.41) is 10.4. The Labute approximate surface area is 103 Å². The summed E-state index contributed by atoms with van der Waals surface area (Å²) in [4.78, 5) is 12.9. The molecule has 0 aliphatic heterocycles. The first kappa shape index (κ1) is 16.7. The molecule has 0 bridgehead atoms. The molecule has 1 N–H and O–H groups in total. The van der Waals surface area contributed by atoms with Gasteiger partial charge in [0.15, 0.2) is 0 Å². The lowest BCUT2D eigenvalue weighted by Crippen LogP contribution is -2.42. The number of hydrogen-bond donors (Lipinski definition) is 1. The highest BCUT2D eigenvalue weighted by Gasteiger charge is 2.27. The van der Waals surface area contributed by atoms with E-state index in [0.29, 0.717) is 0 Å². The number of nitriles is 1. The van der Waals surface area contributed by atoms with Crippen molar-refractivity contribution in [2.24, 2.45) is 0 Å². The summed E-state index contributed by atoms with van der Waals surface area (Å²) >= 11 is 0. The minimum atomic E-state index is -4.34. The van der Waals surface area contributed by atoms with Crippen molar-refractivity contribution in [2.45, 2.75) is 12.6 Å². The number of methoxy groups -OCH3 is 1. The van der Waals surface area contributed by atoms with Gasteiger partial charge in [-0.1, -0.05) is 0 Å². The third kappa shape index (κ3) is 8.78. The first-order chi connectivity index (χ1) is 8.40. The zero-order valence-electron chi connectivity index (χ0n) is 10.1. The summed E-state index contributed by atoms with van der Waals surface area (Å²) in [6, 6.07) is 1.87. The molecule has 0 aromatic rings. The van der Waals surface area contributed by atoms with Crippen molar-refractivity contribution in [3.63, 3.8) is 0 Å². The van der Waals surface area contributed by atoms with Crippen molar-refractivity contribution in [3.8, 4) is 6.07 Å². The second-order valence-electron chi connectivity index (χ2n) is 3.50. The number of alkyl halides is 3. The lowest BCUT2D eigenvalue weighted by Gasteiger charge is -2.21. The Kier molecular flexibility index (Phi) is 8.07. The molecule has 1 amide bonds. The average Bonchev–Trinajstić information content (AvgIpc) is 2.27. The predicted molar refractivity (Wildman–Crippen MR) is 57.6 cm³/mol. The van der Waals surface area contributed by atoms with E-state index >= 15 is 0 Å². The number of carbonyl (C=O) groups excluding carboxylic acids is 1. The SMILES string of the molecule is COCCN(CCC#N)C(=O)CNCC(F)(F)F. The normalized spacial score (nSPS) is 11.1. The maximum absolute atomic E-state index is 11.9. The molecular formula is C10H16F3N3O2. The van der Waals surface area contributed by atoms with Gasteiger partial charge in [0.1, 0.15) is 0 Å². The van der Waals surface area contributed by atoms with Crippen LogP contribution in [0.4, 0.5) is 13.2 Å². The van der Waals surface area contributed by atoms with Crippen molar-refractivity contribution < 1.29 is 22.7 Å². The van der Waals surface area contributed by atoms with E-state index in [4.69, 9.17) is 10.00 Å². The van der Waals surface area contributed by atoms with E-state index in [0.717, 1.165) is 0 Å². The van der Waals surface area contributed by atoms with Gasteiger partial charge in [-0.3, -0.25) is 4.79 Å². The molecule has 0 aromatic heterocycles. The zero-order chi connectivity index (χ0) is 14.0. The van der Waals surface area contributed by atoms with Gasteiger partial charge < -0.3 is 15.0 Å². The van der Waals surface area contributed by atoms with Crippen LogP contribution in [0, 0.1) is 11.3 Å². The highest BCUT2D eigenvalue weighted by Crippen LogP contribution is 2.11. The van der Waals surface area contributed by atoms with Gasteiger partial charge in [-0.2, -0.15) is 18.4 Å². The number of amides is 1. The molecule has 104 valence electrons. The molecule has 0 saturated heterocycles. The van der Waals surface area contributed by atoms with E-state index in [-0.39, 0.29) is 26.1 Å². The zero-order valence-corrected chi connectivity index (χ0v) is 10.1. The maximum Gasteiger partial charge on any atom is 0.401 e. The highest BCUT2D eigenvalue weighted by atomic mass is 19.4. The van der Waals surface area contributed by atoms with Crippen molar-refractivity contribution in [3.05, 3.63) is 0 Å². The van der Waals surface area contributed by atoms with Gasteiger partial charge in [0, 0.05) is 20.2 Å². The summed E-state index contributed by atoms with van der Waals surface area (Å²) < 4.78 is 40.4. The summed E-state index contributed by atoms with van der Waals surface area (Å²) in [5.41, 5.74) is 0. The fourth-order valence-electron chi connectivity index (χ4n) is 1.17. The molecule has 0 radical (unpaired) electrons. The molecule has 5 nitrogen and oxygen atoms in total. The van der Waals surface area contributed by atoms with Crippen molar-refractivity contribution in [1.29, 1.82) is 5.26 Å². The summed E-state index contributed by atoms with van der Waals surface area (Å²) in [5.74, 6) is -0.480. The van der Waals surface area contributed by atoms with Gasteiger partial charge >= 0.3 is 6.18 Å². The van der Waals surface area contributed by atoms with Gasteiger partial charge in [-0.15, -0.1) is 0 Å². The molecule has 18 heavy (non-hydrogen) atoms. The quantitative estimate of drug-likeness (QED) is 0.696. The molecule has 0 spiro atoms. The van der Waals surface area contributed by atoms with Crippen LogP contribution in [0.1, 0.15) is 6.42 Å². The second kappa shape index (κ2) is 8.72. The smallest absolute Gasteiger partial charge is 0.383 e. The standard InChI is InChI=1S/C10H16F3N3O2/c1-18-6-5-16(4-2-3-14)9(17)7-15-8-10(11,12)13/h15H,2,4-8H2,1H3. The summed E-state index contributed by atoms with van der Waals surface area (Å²) in [7, 11) is 1.45. The van der Waals surface area contributed by atoms with E-state index in [1.807, 2.05) is 11.4 Å². The molecule has 0 aliphatic rings. The van der Waals surface area contributed by atoms with Gasteiger partial charge in [-0.05, 0) is 0 Å². The van der Waals surface area contributed by atoms with Gasteiger partial charge in [0.05, 0.1) is 32.2 Å². The topological polar surface area (TPSA) is 65.4 Å². The van der Waals surface area contributed by atoms with Crippen LogP contribution in [0.25, 0.3) is 0 Å². The van der Waals surface area contributed by atoms with Gasteiger partial charge in [-0.25, -0.2) is 0 Å². The number of ether oxygens (including phenoxy) is 1. The lowest BCUT2D eigenvalue weighted by atomic mass is 10.3. The van der Waals surface area contributed by atoms with Crippen LogP contribution in [0.15, 0.2) is 0 Å². The Bertz CT molecular complexity index is 289. The molecule has 0 aliphatic carbocycles. The maximum atomic E-state index is 11.9. The predicted octanol–water partition coefficient (Wildman–Crippen LogP) is 0.527. The molecule has 0 aromatic carbocycles. The largest absolute Gasteiger partial charge is 0.401 e. The molecule has 8 heteroatoms. The van der Waals surface area contributed by atoms with Crippen LogP contribution in [-0.4, -0.2) is 56.9 Å². The Hall–Kier alpha value is -1.33. The highest BCUT2D eigenvalue weighted by molar-refractivity contribution is 5.78. The summed E-state index contributed by atoms with van der Waals surface area (Å²) in [6.07, 6.45) is -4.21. The number of halogens is 3. The minimum absolute atomic E-state index is 0.134. The van der Waals surface area contributed by atoms with E-state index in [1.54, 1.807) is 0 Å². The van der Waals surface area contributed by atoms with Crippen LogP contribution >= 0.6 is 0 Å². The Morgan fingerprint density at radius 3 is 2.61 bits per heavy atom. The first-order valence-electron chi connectivity index (χ1n) is 5.32. The Morgan fingerprint density at radius 2 is 2.11 bits per heavy atom. The van der Waals surface area contributed by atoms with Crippen LogP contribution in [0.5, 0.6) is 0 Å². The molecule has 0 heterocycles. The second-order valence-corrected chi connectivity index (χ2v) is 3.50. The van der Waals surface area contributed by atoms with E-state index in [2.05, 4.69) is 0 Å². The number of hydrogen-bond acceptors (Lipinski definition) is 4. The third-order valence-corrected chi connectivity index (χ3v) is 2.01. The average molecular weight is 267 g/mol. The van der Waals surface area contributed by atoms with Crippen LogP contribution in [0.3, 0.4) is 0 Å². The van der Waals surface area contributed by atoms with Crippen molar-refractivity contribution in [2.75, 3.05) is 39.9 Å². The number of nitrogens with zero attached hydrogens (tertiary/aromatic N) is 2. The van der Waals surface area contributed by atoms with Crippen molar-refractivity contribution in [1.82, 2.24) is 10.2 Å². The van der Waals surface area contributed by atoms with E-state index < -0.39 is 25.2 Å². The van der Waals surface area contributed by atoms with E-state index in [9.17, 15) is 18.0 Å². The fraction of sp³-hybridized carbons (Fsp3) is 0.800. The molecule has 0 fully saturated rings. The summed E-state index contributed by atoms with van der Waals surface area (Å²) in [6.45, 7) is -0.905. The number of carbonyl (C=O) groups is 1. The third-order valence-electron chi connectivity index (χ3n) is 2.01. The Morgan fingerprint density at radius 1 is 1.44 bits per heavy atom.